The molecule has 1 aromatic carbocycles. The number of nitrogens with zero attached hydrogens (tertiary/aromatic N) is 2. The summed E-state index contributed by atoms with van der Waals surface area (Å²) in [5.74, 6) is -1.80. The second-order valence-corrected chi connectivity index (χ2v) is 8.95. The molecule has 1 aromatic heterocycles. The standard InChI is InChI=1S/C20H23FN4O4S/c21-17-5-7-18(8-6-17)30(28,29)25-10-2-4-16(14-25)20(27)24-13-19(26)23-12-15-3-1-9-22-11-15/h1,3,5-9,11,16H,2,4,10,12-14H2,(H,23,26)(H,24,27). The number of piperidine rings is 1. The molecule has 0 bridgehead atoms. The number of hydrogen-bond acceptors (Lipinski definition) is 5. The van der Waals surface area contributed by atoms with E-state index < -0.39 is 21.8 Å². The minimum absolute atomic E-state index is 0.0141. The summed E-state index contributed by atoms with van der Waals surface area (Å²) in [6.45, 7) is 0.411. The highest BCUT2D eigenvalue weighted by Crippen LogP contribution is 2.24. The van der Waals surface area contributed by atoms with Crippen LogP contribution in [0.1, 0.15) is 18.4 Å². The average Bonchev–Trinajstić information content (AvgIpc) is 2.77. The quantitative estimate of drug-likeness (QED) is 0.677. The van der Waals surface area contributed by atoms with E-state index >= 15 is 0 Å². The van der Waals surface area contributed by atoms with Crippen LogP contribution in [0.3, 0.4) is 0 Å². The Bertz CT molecular complexity index is 984. The summed E-state index contributed by atoms with van der Waals surface area (Å²) in [7, 11) is -3.81. The normalized spacial score (nSPS) is 17.3. The SMILES string of the molecule is O=C(CNC(=O)C1CCCN(S(=O)(=O)c2ccc(F)cc2)C1)NCc1cccnc1. The molecular weight excluding hydrogens is 411 g/mol. The van der Waals surface area contributed by atoms with Gasteiger partial charge in [-0.25, -0.2) is 12.8 Å². The molecule has 160 valence electrons. The molecule has 1 aliphatic rings. The molecule has 0 radical (unpaired) electrons. The third kappa shape index (κ3) is 5.61. The van der Waals surface area contributed by atoms with Crippen LogP contribution in [0.4, 0.5) is 4.39 Å². The monoisotopic (exact) mass is 434 g/mol. The Balaban J connectivity index is 1.51. The lowest BCUT2D eigenvalue weighted by molar-refractivity contribution is -0.129. The zero-order chi connectivity index (χ0) is 21.6. The van der Waals surface area contributed by atoms with Crippen LogP contribution in [0, 0.1) is 11.7 Å². The van der Waals surface area contributed by atoms with Crippen LogP contribution in [0.2, 0.25) is 0 Å². The number of halogens is 1. The average molecular weight is 434 g/mol. The van der Waals surface area contributed by atoms with Gasteiger partial charge in [0.15, 0.2) is 0 Å². The number of amides is 2. The van der Waals surface area contributed by atoms with Crippen molar-refractivity contribution in [3.05, 3.63) is 60.2 Å². The smallest absolute Gasteiger partial charge is 0.243 e. The van der Waals surface area contributed by atoms with Gasteiger partial charge >= 0.3 is 0 Å². The Hall–Kier alpha value is -2.85. The zero-order valence-electron chi connectivity index (χ0n) is 16.3. The van der Waals surface area contributed by atoms with Gasteiger partial charge in [0.2, 0.25) is 21.8 Å². The van der Waals surface area contributed by atoms with Crippen LogP contribution >= 0.6 is 0 Å². The maximum absolute atomic E-state index is 13.1. The maximum Gasteiger partial charge on any atom is 0.243 e. The van der Waals surface area contributed by atoms with Crippen LogP contribution in [0.25, 0.3) is 0 Å². The van der Waals surface area contributed by atoms with E-state index in [1.54, 1.807) is 18.5 Å². The minimum Gasteiger partial charge on any atom is -0.350 e. The first kappa shape index (κ1) is 21.8. The number of benzene rings is 1. The Morgan fingerprint density at radius 1 is 1.17 bits per heavy atom. The van der Waals surface area contributed by atoms with E-state index in [1.807, 2.05) is 6.07 Å². The van der Waals surface area contributed by atoms with E-state index in [9.17, 15) is 22.4 Å². The zero-order valence-corrected chi connectivity index (χ0v) is 17.1. The molecule has 1 atom stereocenters. The Morgan fingerprint density at radius 3 is 2.63 bits per heavy atom. The Morgan fingerprint density at radius 2 is 1.93 bits per heavy atom. The molecule has 3 rings (SSSR count). The fourth-order valence-corrected chi connectivity index (χ4v) is 4.73. The van der Waals surface area contributed by atoms with Crippen molar-refractivity contribution in [2.75, 3.05) is 19.6 Å². The number of carbonyl (C=O) groups is 2. The largest absolute Gasteiger partial charge is 0.350 e. The van der Waals surface area contributed by atoms with E-state index in [0.717, 1.165) is 17.7 Å². The molecule has 1 unspecified atom stereocenters. The molecule has 0 aliphatic carbocycles. The Labute approximate surface area is 174 Å². The van der Waals surface area contributed by atoms with Gasteiger partial charge in [-0.1, -0.05) is 6.07 Å². The molecule has 2 amide bonds. The van der Waals surface area contributed by atoms with Crippen molar-refractivity contribution >= 4 is 21.8 Å². The van der Waals surface area contributed by atoms with E-state index in [-0.39, 0.29) is 36.3 Å². The summed E-state index contributed by atoms with van der Waals surface area (Å²) in [4.78, 5) is 28.4. The number of sulfonamides is 1. The van der Waals surface area contributed by atoms with Gasteiger partial charge in [-0.05, 0) is 48.7 Å². The number of rotatable bonds is 7. The summed E-state index contributed by atoms with van der Waals surface area (Å²) < 4.78 is 39.8. The predicted octanol–water partition coefficient (Wildman–Crippen LogP) is 1.05. The van der Waals surface area contributed by atoms with E-state index in [4.69, 9.17) is 0 Å². The van der Waals surface area contributed by atoms with Crippen LogP contribution in [0.5, 0.6) is 0 Å². The molecule has 2 aromatic rings. The van der Waals surface area contributed by atoms with Crippen LogP contribution in [0.15, 0.2) is 53.7 Å². The summed E-state index contributed by atoms with van der Waals surface area (Å²) in [5.41, 5.74) is 0.839. The van der Waals surface area contributed by atoms with Gasteiger partial charge in [0.1, 0.15) is 5.82 Å². The molecule has 30 heavy (non-hydrogen) atoms. The maximum atomic E-state index is 13.1. The Kier molecular flexibility index (Phi) is 7.11. The van der Waals surface area contributed by atoms with Crippen molar-refractivity contribution in [3.8, 4) is 0 Å². The fraction of sp³-hybridized carbons (Fsp3) is 0.350. The summed E-state index contributed by atoms with van der Waals surface area (Å²) >= 11 is 0. The number of aromatic nitrogens is 1. The van der Waals surface area contributed by atoms with Crippen molar-refractivity contribution < 1.29 is 22.4 Å². The second kappa shape index (κ2) is 9.77. The molecule has 10 heteroatoms. The minimum atomic E-state index is -3.81. The lowest BCUT2D eigenvalue weighted by Gasteiger charge is -2.31. The van der Waals surface area contributed by atoms with Gasteiger partial charge in [-0.15, -0.1) is 0 Å². The van der Waals surface area contributed by atoms with E-state index in [1.165, 1.54) is 16.4 Å². The molecule has 0 spiro atoms. The molecule has 1 fully saturated rings. The second-order valence-electron chi connectivity index (χ2n) is 7.01. The molecule has 8 nitrogen and oxygen atoms in total. The molecule has 1 saturated heterocycles. The van der Waals surface area contributed by atoms with Gasteiger partial charge < -0.3 is 10.6 Å². The summed E-state index contributed by atoms with van der Waals surface area (Å²) in [6, 6.07) is 8.18. The third-order valence-corrected chi connectivity index (χ3v) is 6.72. The highest BCUT2D eigenvalue weighted by Gasteiger charge is 2.33. The fourth-order valence-electron chi connectivity index (χ4n) is 3.21. The van der Waals surface area contributed by atoms with Crippen molar-refractivity contribution in [2.45, 2.75) is 24.3 Å². The van der Waals surface area contributed by atoms with Crippen LogP contribution in [-0.2, 0) is 26.2 Å². The first-order chi connectivity index (χ1) is 14.4. The summed E-state index contributed by atoms with van der Waals surface area (Å²) in [6.07, 6.45) is 4.32. The van der Waals surface area contributed by atoms with E-state index in [2.05, 4.69) is 15.6 Å². The lowest BCUT2D eigenvalue weighted by atomic mass is 9.99. The van der Waals surface area contributed by atoms with E-state index in [0.29, 0.717) is 19.4 Å². The van der Waals surface area contributed by atoms with Crippen LogP contribution in [-0.4, -0.2) is 49.2 Å². The number of hydrogen-bond donors (Lipinski definition) is 2. The highest BCUT2D eigenvalue weighted by molar-refractivity contribution is 7.89. The first-order valence-corrected chi connectivity index (χ1v) is 11.0. The first-order valence-electron chi connectivity index (χ1n) is 9.55. The van der Waals surface area contributed by atoms with Crippen molar-refractivity contribution in [3.63, 3.8) is 0 Å². The summed E-state index contributed by atoms with van der Waals surface area (Å²) in [5, 5.41) is 5.26. The third-order valence-electron chi connectivity index (χ3n) is 4.84. The molecule has 2 N–H and O–H groups in total. The van der Waals surface area contributed by atoms with Gasteiger partial charge in [0, 0.05) is 32.0 Å². The van der Waals surface area contributed by atoms with Crippen molar-refractivity contribution in [1.29, 1.82) is 0 Å². The number of nitrogens with one attached hydrogen (secondary N) is 2. The molecule has 1 aliphatic heterocycles. The van der Waals surface area contributed by atoms with Crippen molar-refractivity contribution in [1.82, 2.24) is 19.9 Å². The lowest BCUT2D eigenvalue weighted by Crippen LogP contribution is -2.47. The van der Waals surface area contributed by atoms with Crippen molar-refractivity contribution in [2.24, 2.45) is 5.92 Å². The number of carbonyl (C=O) groups excluding carboxylic acids is 2. The molecule has 0 saturated carbocycles. The van der Waals surface area contributed by atoms with Gasteiger partial charge in [-0.2, -0.15) is 4.31 Å². The van der Waals surface area contributed by atoms with Gasteiger partial charge in [0.25, 0.3) is 0 Å². The highest BCUT2D eigenvalue weighted by atomic mass is 32.2. The van der Waals surface area contributed by atoms with Crippen LogP contribution < -0.4 is 10.6 Å². The van der Waals surface area contributed by atoms with Gasteiger partial charge in [-0.3, -0.25) is 14.6 Å². The predicted molar refractivity (Wildman–Crippen MR) is 107 cm³/mol. The topological polar surface area (TPSA) is 108 Å². The number of pyridine rings is 1. The molecular formula is C20H23FN4O4S. The van der Waals surface area contributed by atoms with Gasteiger partial charge in [0.05, 0.1) is 17.4 Å². The molecule has 2 heterocycles.